The summed E-state index contributed by atoms with van der Waals surface area (Å²) in [6.45, 7) is 11.7. The fraction of sp³-hybridized carbons (Fsp3) is 0.523. The molecule has 1 atom stereocenters. The first-order chi connectivity index (χ1) is 27.2. The zero-order chi connectivity index (χ0) is 38.8. The largest absolute Gasteiger partial charge is 0.368 e. The van der Waals surface area contributed by atoms with Crippen molar-refractivity contribution in [1.82, 2.24) is 34.6 Å². The molecular formula is C44H54N8O4. The normalized spacial score (nSPS) is 20.5. The fourth-order valence-corrected chi connectivity index (χ4v) is 9.41. The topological polar surface area (TPSA) is 134 Å². The highest BCUT2D eigenvalue weighted by atomic mass is 16.2. The fourth-order valence-electron chi connectivity index (χ4n) is 9.41. The van der Waals surface area contributed by atoms with Gasteiger partial charge in [-0.25, -0.2) is 9.97 Å². The molecule has 3 aliphatic heterocycles. The number of benzene rings is 1. The number of nitrogens with one attached hydrogen (secondary N) is 1. The van der Waals surface area contributed by atoms with Crippen LogP contribution in [-0.2, 0) is 22.4 Å². The van der Waals surface area contributed by atoms with E-state index in [2.05, 4.69) is 61.4 Å². The molecule has 4 fully saturated rings. The van der Waals surface area contributed by atoms with Crippen molar-refractivity contribution in [3.05, 3.63) is 92.9 Å². The predicted molar refractivity (Wildman–Crippen MR) is 216 cm³/mol. The number of hydrogen-bond donors (Lipinski definition) is 1. The number of piperazine rings is 1. The maximum atomic E-state index is 13.6. The van der Waals surface area contributed by atoms with Gasteiger partial charge in [-0.1, -0.05) is 37.1 Å². The Hall–Kier alpha value is -4.81. The van der Waals surface area contributed by atoms with Gasteiger partial charge in [0.1, 0.15) is 11.5 Å². The van der Waals surface area contributed by atoms with E-state index in [1.54, 1.807) is 10.8 Å². The summed E-state index contributed by atoms with van der Waals surface area (Å²) in [6, 6.07) is 12.9. The van der Waals surface area contributed by atoms with Gasteiger partial charge in [-0.2, -0.15) is 0 Å². The maximum Gasteiger partial charge on any atom is 0.263 e. The van der Waals surface area contributed by atoms with Crippen LogP contribution in [0.2, 0.25) is 0 Å². The number of pyridine rings is 2. The minimum atomic E-state index is -0.224. The summed E-state index contributed by atoms with van der Waals surface area (Å²) in [4.78, 5) is 71.8. The molecule has 0 spiro atoms. The van der Waals surface area contributed by atoms with Crippen LogP contribution < -0.4 is 15.8 Å². The molecular weight excluding hydrogens is 705 g/mol. The summed E-state index contributed by atoms with van der Waals surface area (Å²) in [5, 5.41) is 3.25. The molecule has 0 radical (unpaired) electrons. The number of imide groups is 1. The molecule has 0 bridgehead atoms. The van der Waals surface area contributed by atoms with Crippen molar-refractivity contribution in [2.75, 3.05) is 57.3 Å². The monoisotopic (exact) mass is 758 g/mol. The van der Waals surface area contributed by atoms with Gasteiger partial charge in [0.15, 0.2) is 5.78 Å². The van der Waals surface area contributed by atoms with Gasteiger partial charge in [0, 0.05) is 75.4 Å². The number of hydrogen-bond acceptors (Lipinski definition) is 10. The molecule has 3 saturated heterocycles. The molecule has 4 aliphatic rings. The van der Waals surface area contributed by atoms with Gasteiger partial charge in [-0.3, -0.25) is 38.9 Å². The molecule has 1 aromatic carbocycles. The van der Waals surface area contributed by atoms with Crippen LogP contribution in [-0.4, -0.2) is 99.3 Å². The molecule has 294 valence electrons. The number of carbonyl (C=O) groups is 3. The average Bonchev–Trinajstić information content (AvgIpc) is 3.75. The van der Waals surface area contributed by atoms with E-state index in [1.807, 2.05) is 13.1 Å². The lowest BCUT2D eigenvalue weighted by Crippen LogP contribution is -2.49. The van der Waals surface area contributed by atoms with Crippen LogP contribution >= 0.6 is 0 Å². The highest BCUT2D eigenvalue weighted by Gasteiger charge is 2.29. The number of aryl methyl sites for hydroxylation is 3. The summed E-state index contributed by atoms with van der Waals surface area (Å²) in [6.07, 6.45) is 12.4. The lowest BCUT2D eigenvalue weighted by molar-refractivity contribution is -0.134. The van der Waals surface area contributed by atoms with Gasteiger partial charge in [0.05, 0.1) is 23.4 Å². The van der Waals surface area contributed by atoms with E-state index in [-0.39, 0.29) is 40.7 Å². The number of fused-ring (bicyclic) bond motifs is 1. The van der Waals surface area contributed by atoms with Gasteiger partial charge < -0.3 is 9.80 Å². The maximum absolute atomic E-state index is 13.6. The Morgan fingerprint density at radius 3 is 2.14 bits per heavy atom. The summed E-state index contributed by atoms with van der Waals surface area (Å²) in [5.74, 6) is 0.457. The minimum Gasteiger partial charge on any atom is -0.368 e. The van der Waals surface area contributed by atoms with Gasteiger partial charge in [0.25, 0.3) is 5.56 Å². The molecule has 12 nitrogen and oxygen atoms in total. The van der Waals surface area contributed by atoms with E-state index in [9.17, 15) is 19.2 Å². The van der Waals surface area contributed by atoms with Gasteiger partial charge >= 0.3 is 0 Å². The Morgan fingerprint density at radius 1 is 0.786 bits per heavy atom. The van der Waals surface area contributed by atoms with Crippen LogP contribution in [0.15, 0.2) is 53.6 Å². The number of aromatic nitrogens is 4. The van der Waals surface area contributed by atoms with E-state index >= 15 is 0 Å². The van der Waals surface area contributed by atoms with Crippen LogP contribution in [0.4, 0.5) is 5.69 Å². The SMILES string of the molecule is CC(=O)c1c(C)c2cnc(CCc3ccc(N4CCN(CCN5CCC(c6ccc(C7CCC(=O)NC7=O)cc6)CC5)CC4)cn3)nc2n(C2CCCC2)c1=O. The first-order valence-electron chi connectivity index (χ1n) is 20.7. The summed E-state index contributed by atoms with van der Waals surface area (Å²) in [5.41, 5.74) is 5.85. The van der Waals surface area contributed by atoms with Crippen LogP contribution in [0.1, 0.15) is 115 Å². The summed E-state index contributed by atoms with van der Waals surface area (Å²) >= 11 is 0. The quantitative estimate of drug-likeness (QED) is 0.162. The Morgan fingerprint density at radius 2 is 1.48 bits per heavy atom. The second kappa shape index (κ2) is 16.7. The molecule has 56 heavy (non-hydrogen) atoms. The third-order valence-electron chi connectivity index (χ3n) is 12.8. The van der Waals surface area contributed by atoms with E-state index in [0.29, 0.717) is 48.6 Å². The zero-order valence-electron chi connectivity index (χ0n) is 32.8. The molecule has 6 heterocycles. The molecule has 1 aliphatic carbocycles. The standard InChI is InChI=1S/C44H54N8O4/c1-29-38-28-46-39(47-42(38)52(35-5-3-4-6-35)44(56)41(29)30(2)53)15-12-34-11-13-36(27-45-34)51-25-23-50(24-26-51)22-21-49-19-17-32(18-20-49)31-7-9-33(10-8-31)37-14-16-40(54)48-43(37)55/h7-11,13,27-28,32,35,37H,3-6,12,14-26H2,1-2H3,(H,48,54,55). The highest BCUT2D eigenvalue weighted by molar-refractivity contribution is 6.01. The third-order valence-corrected chi connectivity index (χ3v) is 12.8. The molecule has 4 aromatic rings. The number of carbonyl (C=O) groups excluding carboxylic acids is 3. The first-order valence-corrected chi connectivity index (χ1v) is 20.7. The van der Waals surface area contributed by atoms with Crippen molar-refractivity contribution in [2.45, 2.75) is 95.9 Å². The van der Waals surface area contributed by atoms with Crippen molar-refractivity contribution in [2.24, 2.45) is 0 Å². The molecule has 8 rings (SSSR count). The second-order valence-corrected chi connectivity index (χ2v) is 16.3. The van der Waals surface area contributed by atoms with E-state index in [4.69, 9.17) is 9.97 Å². The molecule has 1 N–H and O–H groups in total. The number of nitrogens with zero attached hydrogens (tertiary/aromatic N) is 7. The molecule has 1 unspecified atom stereocenters. The summed E-state index contributed by atoms with van der Waals surface area (Å²) in [7, 11) is 0. The third kappa shape index (κ3) is 8.18. The van der Waals surface area contributed by atoms with Crippen molar-refractivity contribution in [3.8, 4) is 0 Å². The van der Waals surface area contributed by atoms with Crippen LogP contribution in [0, 0.1) is 6.92 Å². The molecule has 1 saturated carbocycles. The average molecular weight is 759 g/mol. The lowest BCUT2D eigenvalue weighted by Gasteiger charge is -2.38. The number of rotatable bonds is 11. The number of likely N-dealkylation sites (tertiary alicyclic amines) is 1. The van der Waals surface area contributed by atoms with Crippen molar-refractivity contribution >= 4 is 34.3 Å². The lowest BCUT2D eigenvalue weighted by atomic mass is 9.86. The minimum absolute atomic E-state index is 0.0680. The number of ketones is 1. The predicted octanol–water partition coefficient (Wildman–Crippen LogP) is 5.12. The first kappa shape index (κ1) is 38.1. The van der Waals surface area contributed by atoms with E-state index in [1.165, 1.54) is 12.5 Å². The number of Topliss-reactive ketones (excluding diaryl/α,β-unsaturated/α-hetero) is 1. The van der Waals surface area contributed by atoms with Crippen LogP contribution in [0.25, 0.3) is 11.0 Å². The van der Waals surface area contributed by atoms with Crippen LogP contribution in [0.5, 0.6) is 0 Å². The molecule has 2 amide bonds. The number of amides is 2. The van der Waals surface area contributed by atoms with E-state index < -0.39 is 0 Å². The second-order valence-electron chi connectivity index (χ2n) is 16.3. The summed E-state index contributed by atoms with van der Waals surface area (Å²) < 4.78 is 1.78. The number of anilines is 1. The van der Waals surface area contributed by atoms with Crippen LogP contribution in [0.3, 0.4) is 0 Å². The Balaban J connectivity index is 0.787. The Labute approximate surface area is 328 Å². The molecule has 12 heteroatoms. The Bertz CT molecular complexity index is 2130. The van der Waals surface area contributed by atoms with Gasteiger partial charge in [-0.15, -0.1) is 0 Å². The van der Waals surface area contributed by atoms with Crippen molar-refractivity contribution in [3.63, 3.8) is 0 Å². The van der Waals surface area contributed by atoms with Crippen molar-refractivity contribution < 1.29 is 14.4 Å². The smallest absolute Gasteiger partial charge is 0.263 e. The Kier molecular flexibility index (Phi) is 11.4. The van der Waals surface area contributed by atoms with Gasteiger partial charge in [0.2, 0.25) is 11.8 Å². The van der Waals surface area contributed by atoms with E-state index in [0.717, 1.165) is 113 Å². The number of piperidine rings is 2. The van der Waals surface area contributed by atoms with Gasteiger partial charge in [-0.05, 0) is 100 Å². The zero-order valence-corrected chi connectivity index (χ0v) is 32.8. The highest BCUT2D eigenvalue weighted by Crippen LogP contribution is 2.33. The molecule has 3 aromatic heterocycles. The van der Waals surface area contributed by atoms with Crippen molar-refractivity contribution in [1.29, 1.82) is 0 Å².